The Kier molecular flexibility index (Phi) is 6.42. The summed E-state index contributed by atoms with van der Waals surface area (Å²) in [5, 5.41) is 19.1. The van der Waals surface area contributed by atoms with Crippen LogP contribution in [0.3, 0.4) is 0 Å². The molecule has 5 rings (SSSR count). The van der Waals surface area contributed by atoms with Gasteiger partial charge in [-0.05, 0) is 37.0 Å². The number of amides is 1. The van der Waals surface area contributed by atoms with Crippen molar-refractivity contribution in [1.82, 2.24) is 9.61 Å². The van der Waals surface area contributed by atoms with Gasteiger partial charge in [0.1, 0.15) is 0 Å². The zero-order valence-corrected chi connectivity index (χ0v) is 21.7. The molecule has 0 bridgehead atoms. The van der Waals surface area contributed by atoms with Crippen molar-refractivity contribution in [2.24, 2.45) is 11.1 Å². The Morgan fingerprint density at radius 1 is 1.08 bits per heavy atom. The molecule has 0 saturated heterocycles. The Morgan fingerprint density at radius 2 is 1.68 bits per heavy atom. The van der Waals surface area contributed by atoms with E-state index in [1.165, 1.54) is 17.3 Å². The maximum absolute atomic E-state index is 12.4. The fourth-order valence-corrected chi connectivity index (χ4v) is 5.31. The summed E-state index contributed by atoms with van der Waals surface area (Å²) in [6.45, 7) is 7.44. The van der Waals surface area contributed by atoms with Gasteiger partial charge in [-0.2, -0.15) is 5.10 Å². The van der Waals surface area contributed by atoms with Gasteiger partial charge in [0.2, 0.25) is 0 Å². The minimum Gasteiger partial charge on any atom is -0.390 e. The van der Waals surface area contributed by atoms with Gasteiger partial charge in [-0.1, -0.05) is 74.5 Å². The number of carbonyl (C=O) groups excluding carboxylic acids is 1. The maximum atomic E-state index is 12.4. The maximum Gasteiger partial charge on any atom is 0.252 e. The highest BCUT2D eigenvalue weighted by Crippen LogP contribution is 2.47. The summed E-state index contributed by atoms with van der Waals surface area (Å²) < 4.78 is 1.80. The summed E-state index contributed by atoms with van der Waals surface area (Å²) in [6, 6.07) is 22.8. The lowest BCUT2D eigenvalue weighted by Gasteiger charge is -2.38. The average molecular weight is 498 g/mol. The number of aliphatic hydroxyl groups is 1. The smallest absolute Gasteiger partial charge is 0.252 e. The van der Waals surface area contributed by atoms with Crippen molar-refractivity contribution in [3.8, 4) is 0 Å². The number of fused-ring (bicyclic) bond motifs is 1. The molecule has 192 valence electrons. The minimum atomic E-state index is -0.809. The van der Waals surface area contributed by atoms with E-state index in [2.05, 4.69) is 59.5 Å². The number of rotatable bonds is 8. The molecule has 0 unspecified atom stereocenters. The summed E-state index contributed by atoms with van der Waals surface area (Å²) in [6.07, 6.45) is 4.99. The molecule has 1 fully saturated rings. The minimum absolute atomic E-state index is 0.0325. The molecule has 1 saturated carbocycles. The largest absolute Gasteiger partial charge is 0.390 e. The molecule has 1 aliphatic rings. The van der Waals surface area contributed by atoms with Crippen LogP contribution in [0.15, 0.2) is 79.1 Å². The third-order valence-corrected chi connectivity index (χ3v) is 8.18. The van der Waals surface area contributed by atoms with Crippen LogP contribution >= 0.6 is 0 Å². The third-order valence-electron chi connectivity index (χ3n) is 8.18. The number of benzene rings is 2. The lowest BCUT2D eigenvalue weighted by Crippen LogP contribution is -2.45. The van der Waals surface area contributed by atoms with Gasteiger partial charge in [0.15, 0.2) is 0 Å². The van der Waals surface area contributed by atoms with E-state index >= 15 is 0 Å². The van der Waals surface area contributed by atoms with Crippen molar-refractivity contribution >= 4 is 22.8 Å². The first-order valence-corrected chi connectivity index (χ1v) is 12.8. The van der Waals surface area contributed by atoms with Crippen LogP contribution in [0.2, 0.25) is 0 Å². The molecule has 7 nitrogen and oxygen atoms in total. The van der Waals surface area contributed by atoms with Crippen LogP contribution in [0.4, 0.5) is 11.4 Å². The lowest BCUT2D eigenvalue weighted by atomic mass is 9.76. The molecule has 0 radical (unpaired) electrons. The molecular weight excluding hydrogens is 462 g/mol. The monoisotopic (exact) mass is 497 g/mol. The van der Waals surface area contributed by atoms with Crippen LogP contribution in [0.25, 0.3) is 5.52 Å². The van der Waals surface area contributed by atoms with E-state index in [4.69, 9.17) is 5.73 Å². The van der Waals surface area contributed by atoms with Gasteiger partial charge in [0.25, 0.3) is 5.91 Å². The Labute approximate surface area is 217 Å². The molecule has 7 heteroatoms. The second-order valence-electron chi connectivity index (χ2n) is 10.9. The van der Waals surface area contributed by atoms with Gasteiger partial charge in [-0.3, -0.25) is 4.79 Å². The number of anilines is 2. The van der Waals surface area contributed by atoms with Crippen molar-refractivity contribution in [2.45, 2.75) is 58.3 Å². The van der Waals surface area contributed by atoms with Crippen molar-refractivity contribution in [1.29, 1.82) is 0 Å². The molecule has 1 aliphatic carbocycles. The molecule has 2 heterocycles. The Balaban J connectivity index is 1.56. The Morgan fingerprint density at radius 3 is 2.19 bits per heavy atom. The van der Waals surface area contributed by atoms with E-state index in [-0.39, 0.29) is 6.04 Å². The molecule has 4 aromatic rings. The van der Waals surface area contributed by atoms with Gasteiger partial charge in [0, 0.05) is 24.5 Å². The molecule has 0 aliphatic heterocycles. The molecule has 2 atom stereocenters. The van der Waals surface area contributed by atoms with Crippen molar-refractivity contribution in [2.75, 3.05) is 10.2 Å². The summed E-state index contributed by atoms with van der Waals surface area (Å²) in [5.41, 5.74) is 9.75. The normalized spacial score (nSPS) is 20.7. The lowest BCUT2D eigenvalue weighted by molar-refractivity contribution is -0.0283. The number of nitrogens with two attached hydrogens (primary N) is 1. The quantitative estimate of drug-likeness (QED) is 0.319. The first kappa shape index (κ1) is 24.8. The Hall–Kier alpha value is -3.84. The zero-order chi connectivity index (χ0) is 26.2. The van der Waals surface area contributed by atoms with Gasteiger partial charge in [-0.15, -0.1) is 0 Å². The fraction of sp³-hybridized carbons (Fsp3) is 0.333. The van der Waals surface area contributed by atoms with Gasteiger partial charge < -0.3 is 21.1 Å². The van der Waals surface area contributed by atoms with E-state index in [1.807, 2.05) is 49.5 Å². The van der Waals surface area contributed by atoms with Crippen LogP contribution in [0.5, 0.6) is 0 Å². The number of hydrogen-bond donors (Lipinski definition) is 3. The first-order valence-electron chi connectivity index (χ1n) is 12.8. The zero-order valence-electron chi connectivity index (χ0n) is 21.7. The second kappa shape index (κ2) is 9.56. The average Bonchev–Trinajstić information content (AvgIpc) is 3.39. The molecule has 4 N–H and O–H groups in total. The van der Waals surface area contributed by atoms with Gasteiger partial charge in [0.05, 0.1) is 40.4 Å². The van der Waals surface area contributed by atoms with Crippen LogP contribution in [-0.4, -0.2) is 32.3 Å². The van der Waals surface area contributed by atoms with E-state index in [0.29, 0.717) is 17.7 Å². The van der Waals surface area contributed by atoms with E-state index in [0.717, 1.165) is 30.7 Å². The van der Waals surface area contributed by atoms with E-state index < -0.39 is 16.9 Å². The predicted molar refractivity (Wildman–Crippen MR) is 148 cm³/mol. The summed E-state index contributed by atoms with van der Waals surface area (Å²) >= 11 is 0. The first-order chi connectivity index (χ1) is 17.7. The molecule has 37 heavy (non-hydrogen) atoms. The van der Waals surface area contributed by atoms with Crippen LogP contribution in [0.1, 0.15) is 55.1 Å². The standard InChI is InChI=1S/C30H35N5O2/c1-29(2)26(14-15-30(29,3)37)33-27-24(28(31)36)17-32-35-20-23(16-25(27)35)34(18-21-10-6-4-7-11-21)19-22-12-8-5-9-13-22/h4-13,16-17,20,26,33,37H,14-15,18-19H2,1-3H3,(H2,31,36)/t26-,30-/m1/s1. The highest BCUT2D eigenvalue weighted by atomic mass is 16.3. The van der Waals surface area contributed by atoms with Crippen LogP contribution < -0.4 is 16.0 Å². The van der Waals surface area contributed by atoms with Crippen molar-refractivity contribution in [3.63, 3.8) is 0 Å². The fourth-order valence-electron chi connectivity index (χ4n) is 5.31. The van der Waals surface area contributed by atoms with E-state index in [1.54, 1.807) is 4.52 Å². The van der Waals surface area contributed by atoms with Crippen LogP contribution in [-0.2, 0) is 13.1 Å². The topological polar surface area (TPSA) is 95.9 Å². The number of hydrogen-bond acceptors (Lipinski definition) is 5. The molecule has 0 spiro atoms. The Bertz CT molecular complexity index is 1350. The molecular formula is C30H35N5O2. The second-order valence-corrected chi connectivity index (χ2v) is 10.9. The molecule has 2 aromatic heterocycles. The predicted octanol–water partition coefficient (Wildman–Crippen LogP) is 4.99. The summed E-state index contributed by atoms with van der Waals surface area (Å²) in [5.74, 6) is -0.534. The number of carbonyl (C=O) groups is 1. The number of nitrogens with one attached hydrogen (secondary N) is 1. The highest BCUT2D eigenvalue weighted by molar-refractivity contribution is 6.02. The van der Waals surface area contributed by atoms with Crippen LogP contribution in [0, 0.1) is 5.41 Å². The summed E-state index contributed by atoms with van der Waals surface area (Å²) in [4.78, 5) is 14.7. The van der Waals surface area contributed by atoms with Crippen molar-refractivity contribution < 1.29 is 9.90 Å². The number of nitrogens with zero attached hydrogens (tertiary/aromatic N) is 3. The van der Waals surface area contributed by atoms with E-state index in [9.17, 15) is 9.90 Å². The third kappa shape index (κ3) is 4.79. The molecule has 2 aromatic carbocycles. The number of primary amides is 1. The number of aromatic nitrogens is 2. The molecule has 1 amide bonds. The SMILES string of the molecule is CC1(C)[C@H](Nc2c(C(N)=O)cnn3cc(N(Cc4ccccc4)Cc4ccccc4)cc23)CC[C@@]1(C)O. The van der Waals surface area contributed by atoms with Gasteiger partial charge >= 0.3 is 0 Å². The summed E-state index contributed by atoms with van der Waals surface area (Å²) in [7, 11) is 0. The highest BCUT2D eigenvalue weighted by Gasteiger charge is 2.50. The van der Waals surface area contributed by atoms with Gasteiger partial charge in [-0.25, -0.2) is 4.52 Å². The van der Waals surface area contributed by atoms with Crippen molar-refractivity contribution in [3.05, 3.63) is 95.8 Å².